The molecular formula is C9H2BrF4IN2O. The molecule has 1 heterocycles. The minimum atomic E-state index is -4.81. The van der Waals surface area contributed by atoms with E-state index in [0.717, 1.165) is 12.1 Å². The number of hydrogen-bond acceptors (Lipinski definition) is 2. The minimum absolute atomic E-state index is 0.0920. The number of rotatable bonds is 0. The van der Waals surface area contributed by atoms with E-state index >= 15 is 0 Å². The lowest BCUT2D eigenvalue weighted by molar-refractivity contribution is -0.145. The maximum Gasteiger partial charge on any atom is 0.450 e. The lowest BCUT2D eigenvalue weighted by Gasteiger charge is -2.10. The molecule has 0 bridgehead atoms. The van der Waals surface area contributed by atoms with E-state index in [1.165, 1.54) is 22.6 Å². The van der Waals surface area contributed by atoms with Crippen molar-refractivity contribution < 1.29 is 17.6 Å². The zero-order valence-electron chi connectivity index (χ0n) is 8.23. The molecule has 18 heavy (non-hydrogen) atoms. The first kappa shape index (κ1) is 13.7. The van der Waals surface area contributed by atoms with Crippen molar-refractivity contribution in [1.82, 2.24) is 8.58 Å². The van der Waals surface area contributed by atoms with E-state index in [-0.39, 0.29) is 18.1 Å². The van der Waals surface area contributed by atoms with Gasteiger partial charge in [-0.25, -0.2) is 13.0 Å². The Kier molecular flexibility index (Phi) is 3.38. The predicted molar refractivity (Wildman–Crippen MR) is 68.0 cm³/mol. The van der Waals surface area contributed by atoms with Crippen LogP contribution in [0.3, 0.4) is 0 Å². The quantitative estimate of drug-likeness (QED) is 0.469. The van der Waals surface area contributed by atoms with E-state index in [1.807, 2.05) is 0 Å². The van der Waals surface area contributed by atoms with Crippen LogP contribution in [0.25, 0.3) is 10.9 Å². The van der Waals surface area contributed by atoms with E-state index in [2.05, 4.69) is 21.1 Å². The van der Waals surface area contributed by atoms with Crippen LogP contribution in [0.1, 0.15) is 5.82 Å². The number of halogens is 6. The van der Waals surface area contributed by atoms with Crippen LogP contribution in [0.5, 0.6) is 0 Å². The second-order valence-electron chi connectivity index (χ2n) is 3.28. The molecular weight excluding hydrogens is 435 g/mol. The van der Waals surface area contributed by atoms with E-state index < -0.39 is 23.4 Å². The van der Waals surface area contributed by atoms with Crippen molar-refractivity contribution in [2.75, 3.05) is 0 Å². The summed E-state index contributed by atoms with van der Waals surface area (Å²) in [4.78, 5) is 15.0. The van der Waals surface area contributed by atoms with Crippen LogP contribution in [0, 0.1) is 9.39 Å². The molecule has 0 amide bonds. The van der Waals surface area contributed by atoms with E-state index in [4.69, 9.17) is 0 Å². The zero-order valence-corrected chi connectivity index (χ0v) is 12.0. The molecule has 0 fully saturated rings. The summed E-state index contributed by atoms with van der Waals surface area (Å²) in [5.74, 6) is -2.15. The smallest absolute Gasteiger partial charge is 0.268 e. The number of fused-ring (bicyclic) bond motifs is 1. The third kappa shape index (κ3) is 2.13. The van der Waals surface area contributed by atoms with Crippen LogP contribution >= 0.6 is 38.7 Å². The summed E-state index contributed by atoms with van der Waals surface area (Å²) in [6.07, 6.45) is -4.81. The van der Waals surface area contributed by atoms with Crippen LogP contribution in [-0.4, -0.2) is 8.58 Å². The van der Waals surface area contributed by atoms with Gasteiger partial charge in [0.1, 0.15) is 5.82 Å². The maximum atomic E-state index is 13.3. The first-order valence-corrected chi connectivity index (χ1v) is 6.16. The van der Waals surface area contributed by atoms with Crippen molar-refractivity contribution in [2.24, 2.45) is 0 Å². The standard InChI is InChI=1S/C9H2BrF4IN2O/c10-17-7(18)3-1-2-4(11)5(15)6(3)16-8(17)9(12,13)14/h1-2H. The van der Waals surface area contributed by atoms with Crippen LogP contribution in [0.15, 0.2) is 16.9 Å². The molecule has 1 aromatic heterocycles. The maximum absolute atomic E-state index is 13.3. The van der Waals surface area contributed by atoms with Crippen molar-refractivity contribution in [3.05, 3.63) is 37.7 Å². The van der Waals surface area contributed by atoms with Crippen LogP contribution < -0.4 is 5.56 Å². The molecule has 0 aliphatic carbocycles. The highest BCUT2D eigenvalue weighted by molar-refractivity contribution is 14.1. The SMILES string of the molecule is O=c1c2ccc(F)c(I)c2nc(C(F)(F)F)n1Br. The molecule has 0 radical (unpaired) electrons. The van der Waals surface area contributed by atoms with E-state index in [9.17, 15) is 22.4 Å². The molecule has 0 N–H and O–H groups in total. The Morgan fingerprint density at radius 1 is 1.33 bits per heavy atom. The number of hydrogen-bond donors (Lipinski definition) is 0. The molecule has 0 aliphatic heterocycles. The van der Waals surface area contributed by atoms with Gasteiger partial charge in [0.25, 0.3) is 5.56 Å². The number of alkyl halides is 3. The fourth-order valence-electron chi connectivity index (χ4n) is 1.35. The van der Waals surface area contributed by atoms with Gasteiger partial charge in [-0.15, -0.1) is 0 Å². The second-order valence-corrected chi connectivity index (χ2v) is 5.06. The molecule has 9 heteroatoms. The molecule has 0 unspecified atom stereocenters. The summed E-state index contributed by atoms with van der Waals surface area (Å²) in [5.41, 5.74) is -1.24. The molecule has 0 saturated heterocycles. The van der Waals surface area contributed by atoms with Crippen LogP contribution in [0.2, 0.25) is 0 Å². The average molecular weight is 437 g/mol. The fourth-order valence-corrected chi connectivity index (χ4v) is 2.41. The normalized spacial score (nSPS) is 12.1. The van der Waals surface area contributed by atoms with Crippen molar-refractivity contribution >= 4 is 49.6 Å². The van der Waals surface area contributed by atoms with Gasteiger partial charge in [-0.1, -0.05) is 0 Å². The highest BCUT2D eigenvalue weighted by Gasteiger charge is 2.37. The fraction of sp³-hybridized carbons (Fsp3) is 0.111. The first-order valence-electron chi connectivity index (χ1n) is 4.37. The molecule has 2 rings (SSSR count). The summed E-state index contributed by atoms with van der Waals surface area (Å²) in [6, 6.07) is 2.10. The molecule has 0 atom stereocenters. The summed E-state index contributed by atoms with van der Waals surface area (Å²) >= 11 is 4.01. The Morgan fingerprint density at radius 2 is 1.94 bits per heavy atom. The number of aromatic nitrogens is 2. The summed E-state index contributed by atoms with van der Waals surface area (Å²) in [7, 11) is 0. The molecule has 0 aliphatic rings. The Hall–Kier alpha value is -0.710. The number of nitrogens with zero attached hydrogens (tertiary/aromatic N) is 2. The minimum Gasteiger partial charge on any atom is -0.268 e. The number of benzene rings is 1. The predicted octanol–water partition coefficient (Wildman–Crippen LogP) is 3.32. The monoisotopic (exact) mass is 436 g/mol. The van der Waals surface area contributed by atoms with Crippen molar-refractivity contribution in [1.29, 1.82) is 0 Å². The van der Waals surface area contributed by atoms with Gasteiger partial charge in [-0.3, -0.25) is 4.79 Å². The Bertz CT molecular complexity index is 697. The Morgan fingerprint density at radius 3 is 2.50 bits per heavy atom. The summed E-state index contributed by atoms with van der Waals surface area (Å²) in [5, 5.41) is -0.0920. The van der Waals surface area contributed by atoms with Crippen molar-refractivity contribution in [2.45, 2.75) is 6.18 Å². The Labute approximate surface area is 119 Å². The third-order valence-corrected chi connectivity index (χ3v) is 3.82. The average Bonchev–Trinajstić information content (AvgIpc) is 2.26. The molecule has 96 valence electrons. The highest BCUT2D eigenvalue weighted by atomic mass is 127. The summed E-state index contributed by atoms with van der Waals surface area (Å²) in [6.45, 7) is 0. The van der Waals surface area contributed by atoms with E-state index in [1.54, 1.807) is 0 Å². The van der Waals surface area contributed by atoms with Gasteiger partial charge >= 0.3 is 6.18 Å². The van der Waals surface area contributed by atoms with Gasteiger partial charge in [-0.05, 0) is 34.7 Å². The van der Waals surface area contributed by atoms with Crippen LogP contribution in [-0.2, 0) is 6.18 Å². The van der Waals surface area contributed by atoms with Gasteiger partial charge in [0.05, 0.1) is 30.6 Å². The van der Waals surface area contributed by atoms with Gasteiger partial charge < -0.3 is 0 Å². The molecule has 0 spiro atoms. The third-order valence-electron chi connectivity index (χ3n) is 2.13. The zero-order chi connectivity index (χ0) is 13.7. The van der Waals surface area contributed by atoms with Gasteiger partial charge in [0, 0.05) is 0 Å². The molecule has 1 aromatic carbocycles. The van der Waals surface area contributed by atoms with Gasteiger partial charge in [-0.2, -0.15) is 13.2 Å². The summed E-state index contributed by atoms with van der Waals surface area (Å²) < 4.78 is 51.3. The lowest BCUT2D eigenvalue weighted by atomic mass is 10.2. The van der Waals surface area contributed by atoms with Crippen LogP contribution in [0.4, 0.5) is 17.6 Å². The van der Waals surface area contributed by atoms with E-state index in [0.29, 0.717) is 0 Å². The second kappa shape index (κ2) is 4.44. The van der Waals surface area contributed by atoms with Crippen molar-refractivity contribution in [3.63, 3.8) is 0 Å². The largest absolute Gasteiger partial charge is 0.450 e. The molecule has 0 saturated carbocycles. The first-order chi connectivity index (χ1) is 8.23. The highest BCUT2D eigenvalue weighted by Crippen LogP contribution is 2.30. The molecule has 3 nitrogen and oxygen atoms in total. The lowest BCUT2D eigenvalue weighted by Crippen LogP contribution is -2.24. The van der Waals surface area contributed by atoms with Gasteiger partial charge in [0.15, 0.2) is 0 Å². The van der Waals surface area contributed by atoms with Gasteiger partial charge in [0.2, 0.25) is 5.82 Å². The Balaban J connectivity index is 2.99. The molecule has 2 aromatic rings. The topological polar surface area (TPSA) is 34.9 Å². The van der Waals surface area contributed by atoms with Crippen molar-refractivity contribution in [3.8, 4) is 0 Å².